The van der Waals surface area contributed by atoms with Gasteiger partial charge in [0.25, 0.3) is 5.69 Å². The third-order valence-corrected chi connectivity index (χ3v) is 2.78. The van der Waals surface area contributed by atoms with Crippen LogP contribution in [0.3, 0.4) is 0 Å². The summed E-state index contributed by atoms with van der Waals surface area (Å²) in [4.78, 5) is 21.5. The number of carbonyl (C=O) groups excluding carboxylic acids is 1. The topological polar surface area (TPSA) is 127 Å². The molecule has 0 radical (unpaired) electrons. The molecule has 0 bridgehead atoms. The maximum absolute atomic E-state index is 11.2. The van der Waals surface area contributed by atoms with E-state index in [9.17, 15) is 25.1 Å². The van der Waals surface area contributed by atoms with Gasteiger partial charge in [0.05, 0.1) is 16.6 Å². The molecule has 4 N–H and O–H groups in total. The van der Waals surface area contributed by atoms with E-state index >= 15 is 0 Å². The summed E-state index contributed by atoms with van der Waals surface area (Å²) in [6.07, 6.45) is -2.48. The fourth-order valence-electron chi connectivity index (χ4n) is 1.71. The summed E-state index contributed by atoms with van der Waals surface area (Å²) in [6.45, 7) is 1.44. The lowest BCUT2D eigenvalue weighted by molar-refractivity contribution is -0.386. The second-order valence-electron chi connectivity index (χ2n) is 4.18. The van der Waals surface area contributed by atoms with E-state index in [4.69, 9.17) is 5.73 Å². The van der Waals surface area contributed by atoms with E-state index in [1.54, 1.807) is 0 Å². The van der Waals surface area contributed by atoms with Gasteiger partial charge in [0.2, 0.25) is 0 Å². The number of nitro groups is 1. The highest BCUT2D eigenvalue weighted by molar-refractivity contribution is 5.94. The van der Waals surface area contributed by atoms with E-state index in [1.165, 1.54) is 19.1 Å². The van der Waals surface area contributed by atoms with Crippen LogP contribution < -0.4 is 5.73 Å². The Morgan fingerprint density at radius 2 is 2.11 bits per heavy atom. The largest absolute Gasteiger partial charge is 0.390 e. The van der Waals surface area contributed by atoms with Crippen molar-refractivity contribution in [3.63, 3.8) is 0 Å². The van der Waals surface area contributed by atoms with Crippen molar-refractivity contribution >= 4 is 11.5 Å². The van der Waals surface area contributed by atoms with Crippen molar-refractivity contribution in [2.24, 2.45) is 5.73 Å². The van der Waals surface area contributed by atoms with Crippen molar-refractivity contribution in [2.75, 3.05) is 6.54 Å². The van der Waals surface area contributed by atoms with Crippen molar-refractivity contribution in [1.82, 2.24) is 0 Å². The zero-order valence-corrected chi connectivity index (χ0v) is 10.4. The first-order valence-electron chi connectivity index (χ1n) is 5.74. The zero-order valence-electron chi connectivity index (χ0n) is 10.4. The summed E-state index contributed by atoms with van der Waals surface area (Å²) in [5.74, 6) is -0.313. The van der Waals surface area contributed by atoms with Crippen LogP contribution in [-0.4, -0.2) is 33.6 Å². The molecular weight excluding hydrogens is 252 g/mol. The van der Waals surface area contributed by atoms with Crippen LogP contribution in [0.1, 0.15) is 35.4 Å². The highest BCUT2D eigenvalue weighted by Gasteiger charge is 2.26. The maximum Gasteiger partial charge on any atom is 0.276 e. The van der Waals surface area contributed by atoms with E-state index in [-0.39, 0.29) is 29.9 Å². The van der Waals surface area contributed by atoms with Gasteiger partial charge >= 0.3 is 0 Å². The van der Waals surface area contributed by atoms with Gasteiger partial charge < -0.3 is 15.9 Å². The minimum Gasteiger partial charge on any atom is -0.390 e. The number of aliphatic hydroxyl groups is 2. The first kappa shape index (κ1) is 15.2. The van der Waals surface area contributed by atoms with Crippen molar-refractivity contribution in [2.45, 2.75) is 25.6 Å². The molecule has 0 saturated heterocycles. The molecule has 0 spiro atoms. The second kappa shape index (κ2) is 6.37. The molecule has 1 rings (SSSR count). The maximum atomic E-state index is 11.2. The standard InChI is InChI=1S/C12H16N2O5/c1-7(15)8-2-3-9(10(6-8)14(18)19)12(17)11(16)4-5-13/h2-3,6,11-12,16-17H,4-5,13H2,1H3. The van der Waals surface area contributed by atoms with Crippen LogP contribution in [0, 0.1) is 10.1 Å². The Morgan fingerprint density at radius 3 is 2.58 bits per heavy atom. The summed E-state index contributed by atoms with van der Waals surface area (Å²) in [5.41, 5.74) is 5.01. The molecule has 2 atom stereocenters. The first-order chi connectivity index (χ1) is 8.88. The van der Waals surface area contributed by atoms with Crippen LogP contribution in [0.15, 0.2) is 18.2 Å². The number of hydrogen-bond acceptors (Lipinski definition) is 6. The predicted molar refractivity (Wildman–Crippen MR) is 67.7 cm³/mol. The predicted octanol–water partition coefficient (Wildman–Crippen LogP) is 0.541. The third kappa shape index (κ3) is 3.57. The molecule has 0 aliphatic carbocycles. The molecule has 1 aromatic carbocycles. The fourth-order valence-corrected chi connectivity index (χ4v) is 1.71. The van der Waals surface area contributed by atoms with E-state index in [0.29, 0.717) is 0 Å². The van der Waals surface area contributed by atoms with Gasteiger partial charge in [-0.25, -0.2) is 0 Å². The molecule has 0 aliphatic heterocycles. The molecule has 0 amide bonds. The molecule has 7 heteroatoms. The third-order valence-electron chi connectivity index (χ3n) is 2.78. The average molecular weight is 268 g/mol. The Bertz CT molecular complexity index is 489. The van der Waals surface area contributed by atoms with Gasteiger partial charge in [-0.05, 0) is 26.0 Å². The van der Waals surface area contributed by atoms with E-state index < -0.39 is 22.8 Å². The van der Waals surface area contributed by atoms with E-state index in [2.05, 4.69) is 0 Å². The highest BCUT2D eigenvalue weighted by atomic mass is 16.6. The van der Waals surface area contributed by atoms with Gasteiger partial charge in [-0.2, -0.15) is 0 Å². The Kier molecular flexibility index (Phi) is 5.11. The van der Waals surface area contributed by atoms with Gasteiger partial charge in [-0.15, -0.1) is 0 Å². The lowest BCUT2D eigenvalue weighted by atomic mass is 9.98. The van der Waals surface area contributed by atoms with Crippen LogP contribution in [-0.2, 0) is 0 Å². The number of nitrogens with two attached hydrogens (primary N) is 1. The van der Waals surface area contributed by atoms with Crippen molar-refractivity contribution in [3.8, 4) is 0 Å². The number of nitrogens with zero attached hydrogens (tertiary/aromatic N) is 1. The SMILES string of the molecule is CC(=O)c1ccc(C(O)C(O)CCN)c([N+](=O)[O-])c1. The number of nitro benzene ring substituents is 1. The molecular formula is C12H16N2O5. The molecule has 7 nitrogen and oxygen atoms in total. The van der Waals surface area contributed by atoms with Gasteiger partial charge in [0, 0.05) is 11.6 Å². The molecule has 19 heavy (non-hydrogen) atoms. The van der Waals surface area contributed by atoms with Crippen LogP contribution in [0.25, 0.3) is 0 Å². The smallest absolute Gasteiger partial charge is 0.276 e. The van der Waals surface area contributed by atoms with Crippen LogP contribution in [0.2, 0.25) is 0 Å². The molecule has 0 heterocycles. The summed E-state index contributed by atoms with van der Waals surface area (Å²) in [7, 11) is 0. The minimum absolute atomic E-state index is 0.0315. The van der Waals surface area contributed by atoms with Gasteiger partial charge in [-0.3, -0.25) is 14.9 Å². The number of benzene rings is 1. The molecule has 0 aromatic heterocycles. The Morgan fingerprint density at radius 1 is 1.47 bits per heavy atom. The Labute approximate surface area is 109 Å². The van der Waals surface area contributed by atoms with Crippen LogP contribution in [0.5, 0.6) is 0 Å². The van der Waals surface area contributed by atoms with Gasteiger partial charge in [0.1, 0.15) is 6.10 Å². The van der Waals surface area contributed by atoms with Crippen LogP contribution >= 0.6 is 0 Å². The quantitative estimate of drug-likeness (QED) is 0.392. The summed E-state index contributed by atoms with van der Waals surface area (Å²) < 4.78 is 0. The Balaban J connectivity index is 3.20. The second-order valence-corrected chi connectivity index (χ2v) is 4.18. The highest BCUT2D eigenvalue weighted by Crippen LogP contribution is 2.29. The number of aliphatic hydroxyl groups excluding tert-OH is 2. The van der Waals surface area contributed by atoms with Crippen molar-refractivity contribution in [3.05, 3.63) is 39.4 Å². The zero-order chi connectivity index (χ0) is 14.6. The molecule has 0 aliphatic rings. The summed E-state index contributed by atoms with van der Waals surface area (Å²) in [5, 5.41) is 30.5. The number of hydrogen-bond donors (Lipinski definition) is 3. The fraction of sp³-hybridized carbons (Fsp3) is 0.417. The summed E-state index contributed by atoms with van der Waals surface area (Å²) in [6, 6.07) is 3.75. The van der Waals surface area contributed by atoms with Crippen molar-refractivity contribution in [1.29, 1.82) is 0 Å². The Hall–Kier alpha value is -1.83. The molecule has 104 valence electrons. The monoisotopic (exact) mass is 268 g/mol. The van der Waals surface area contributed by atoms with Gasteiger partial charge in [0.15, 0.2) is 5.78 Å². The lowest BCUT2D eigenvalue weighted by Crippen LogP contribution is -2.22. The van der Waals surface area contributed by atoms with Crippen LogP contribution in [0.4, 0.5) is 5.69 Å². The lowest BCUT2D eigenvalue weighted by Gasteiger charge is -2.17. The number of Topliss-reactive ketones (excluding diaryl/α,β-unsaturated/α-hetero) is 1. The van der Waals surface area contributed by atoms with Crippen molar-refractivity contribution < 1.29 is 19.9 Å². The average Bonchev–Trinajstić information content (AvgIpc) is 2.37. The summed E-state index contributed by atoms with van der Waals surface area (Å²) >= 11 is 0. The molecule has 0 saturated carbocycles. The minimum atomic E-state index is -1.41. The van der Waals surface area contributed by atoms with E-state index in [1.807, 2.05) is 0 Å². The van der Waals surface area contributed by atoms with E-state index in [0.717, 1.165) is 6.07 Å². The number of carbonyl (C=O) groups is 1. The first-order valence-corrected chi connectivity index (χ1v) is 5.74. The van der Waals surface area contributed by atoms with Gasteiger partial charge in [-0.1, -0.05) is 6.07 Å². The number of ketones is 1. The molecule has 1 aromatic rings. The molecule has 2 unspecified atom stereocenters. The molecule has 0 fully saturated rings. The number of rotatable bonds is 6. The normalized spacial score (nSPS) is 13.9.